The van der Waals surface area contributed by atoms with Crippen LogP contribution in [0.15, 0.2) is 0 Å². The van der Waals surface area contributed by atoms with Crippen molar-refractivity contribution in [3.63, 3.8) is 0 Å². The molecule has 3 atom stereocenters. The number of hydrogen-bond acceptors (Lipinski definition) is 3. The second-order valence-electron chi connectivity index (χ2n) is 2.66. The van der Waals surface area contributed by atoms with Crippen LogP contribution in [-0.4, -0.2) is 31.5 Å². The van der Waals surface area contributed by atoms with Crippen LogP contribution in [-0.2, 0) is 9.47 Å². The Labute approximate surface area is 54.1 Å². The Balaban J connectivity index is 2.07. The number of nitrogens with two attached hydrogens (primary N) is 1. The van der Waals surface area contributed by atoms with Gasteiger partial charge < -0.3 is 15.2 Å². The summed E-state index contributed by atoms with van der Waals surface area (Å²) < 4.78 is 10.7. The molecular weight excluding hydrogens is 118 g/mol. The van der Waals surface area contributed by atoms with Gasteiger partial charge in [-0.2, -0.15) is 0 Å². The Kier molecular flexibility index (Phi) is 1.22. The number of rotatable bonds is 0. The molecule has 52 valence electrons. The highest BCUT2D eigenvalue weighted by Crippen LogP contribution is 2.24. The molecule has 2 aliphatic heterocycles. The first-order valence-electron chi connectivity index (χ1n) is 3.37. The predicted octanol–water partition coefficient (Wildman–Crippen LogP) is -0.499. The summed E-state index contributed by atoms with van der Waals surface area (Å²) in [7, 11) is 0. The molecule has 0 radical (unpaired) electrons. The highest BCUT2D eigenvalue weighted by molar-refractivity contribution is 4.90. The molecule has 2 aliphatic rings. The third-order valence-corrected chi connectivity index (χ3v) is 2.00. The fraction of sp³-hybridized carbons (Fsp3) is 1.00. The molecule has 0 aromatic heterocycles. The van der Waals surface area contributed by atoms with Gasteiger partial charge in [-0.1, -0.05) is 0 Å². The summed E-state index contributed by atoms with van der Waals surface area (Å²) in [6, 6.07) is 0.123. The van der Waals surface area contributed by atoms with E-state index in [1.807, 2.05) is 0 Å². The second-order valence-corrected chi connectivity index (χ2v) is 2.66. The quantitative estimate of drug-likeness (QED) is 0.479. The molecule has 0 saturated carbocycles. The van der Waals surface area contributed by atoms with E-state index in [4.69, 9.17) is 15.2 Å². The predicted molar refractivity (Wildman–Crippen MR) is 32.1 cm³/mol. The third kappa shape index (κ3) is 0.764. The molecule has 0 amide bonds. The van der Waals surface area contributed by atoms with Crippen LogP contribution in [0.25, 0.3) is 0 Å². The van der Waals surface area contributed by atoms with E-state index in [0.29, 0.717) is 12.7 Å². The summed E-state index contributed by atoms with van der Waals surface area (Å²) in [4.78, 5) is 0. The molecule has 9 heavy (non-hydrogen) atoms. The van der Waals surface area contributed by atoms with Gasteiger partial charge in [0.2, 0.25) is 0 Å². The monoisotopic (exact) mass is 129 g/mol. The molecule has 2 N–H and O–H groups in total. The Morgan fingerprint density at radius 2 is 2.22 bits per heavy atom. The summed E-state index contributed by atoms with van der Waals surface area (Å²) in [5.41, 5.74) is 5.67. The molecule has 0 aliphatic carbocycles. The van der Waals surface area contributed by atoms with Gasteiger partial charge in [0, 0.05) is 6.61 Å². The van der Waals surface area contributed by atoms with E-state index in [1.165, 1.54) is 0 Å². The van der Waals surface area contributed by atoms with Crippen molar-refractivity contribution in [1.29, 1.82) is 0 Å². The van der Waals surface area contributed by atoms with Crippen molar-refractivity contribution in [2.45, 2.75) is 24.7 Å². The molecule has 3 nitrogen and oxygen atoms in total. The zero-order valence-electron chi connectivity index (χ0n) is 5.25. The lowest BCUT2D eigenvalue weighted by molar-refractivity contribution is 0.0709. The van der Waals surface area contributed by atoms with E-state index in [1.54, 1.807) is 0 Å². The SMILES string of the molecule is NC1CO[C@@H]2CCO[C@H]12. The standard InChI is InChI=1S/C6H11NO2/c7-4-3-9-5-1-2-8-6(4)5/h4-6H,1-3,7H2/t4?,5-,6-/m1/s1. The maximum atomic E-state index is 5.67. The van der Waals surface area contributed by atoms with Gasteiger partial charge >= 0.3 is 0 Å². The Morgan fingerprint density at radius 3 is 3.00 bits per heavy atom. The van der Waals surface area contributed by atoms with Crippen LogP contribution >= 0.6 is 0 Å². The van der Waals surface area contributed by atoms with Crippen molar-refractivity contribution in [2.75, 3.05) is 13.2 Å². The number of fused-ring (bicyclic) bond motifs is 1. The van der Waals surface area contributed by atoms with Crippen LogP contribution in [0.4, 0.5) is 0 Å². The largest absolute Gasteiger partial charge is 0.374 e. The van der Waals surface area contributed by atoms with Crippen molar-refractivity contribution in [1.82, 2.24) is 0 Å². The van der Waals surface area contributed by atoms with Gasteiger partial charge in [-0.15, -0.1) is 0 Å². The van der Waals surface area contributed by atoms with Gasteiger partial charge in [0.15, 0.2) is 0 Å². The highest BCUT2D eigenvalue weighted by Gasteiger charge is 2.39. The smallest absolute Gasteiger partial charge is 0.101 e. The van der Waals surface area contributed by atoms with Crippen molar-refractivity contribution in [3.8, 4) is 0 Å². The molecule has 2 fully saturated rings. The van der Waals surface area contributed by atoms with Crippen LogP contribution in [0.1, 0.15) is 6.42 Å². The van der Waals surface area contributed by atoms with E-state index >= 15 is 0 Å². The maximum absolute atomic E-state index is 5.67. The second kappa shape index (κ2) is 1.94. The van der Waals surface area contributed by atoms with Crippen LogP contribution in [0.2, 0.25) is 0 Å². The molecule has 0 bridgehead atoms. The normalized spacial score (nSPS) is 49.7. The molecule has 3 heteroatoms. The van der Waals surface area contributed by atoms with Gasteiger partial charge in [-0.05, 0) is 6.42 Å². The van der Waals surface area contributed by atoms with Crippen molar-refractivity contribution < 1.29 is 9.47 Å². The number of hydrogen-bond donors (Lipinski definition) is 1. The summed E-state index contributed by atoms with van der Waals surface area (Å²) in [5, 5.41) is 0. The minimum Gasteiger partial charge on any atom is -0.374 e. The zero-order chi connectivity index (χ0) is 6.27. The molecule has 0 aromatic rings. The van der Waals surface area contributed by atoms with Crippen molar-refractivity contribution in [2.24, 2.45) is 5.73 Å². The fourth-order valence-corrected chi connectivity index (χ4v) is 1.50. The zero-order valence-corrected chi connectivity index (χ0v) is 5.25. The minimum absolute atomic E-state index is 0.123. The van der Waals surface area contributed by atoms with Gasteiger partial charge in [0.05, 0.1) is 18.8 Å². The van der Waals surface area contributed by atoms with E-state index in [-0.39, 0.29) is 12.1 Å². The maximum Gasteiger partial charge on any atom is 0.101 e. The molecule has 2 saturated heterocycles. The molecule has 2 rings (SSSR count). The van der Waals surface area contributed by atoms with Crippen molar-refractivity contribution >= 4 is 0 Å². The van der Waals surface area contributed by atoms with Crippen LogP contribution in [0, 0.1) is 0 Å². The van der Waals surface area contributed by atoms with E-state index in [2.05, 4.69) is 0 Å². The van der Waals surface area contributed by atoms with E-state index < -0.39 is 0 Å². The van der Waals surface area contributed by atoms with Gasteiger partial charge in [0.1, 0.15) is 6.10 Å². The summed E-state index contributed by atoms with van der Waals surface area (Å²) in [6.07, 6.45) is 1.53. The van der Waals surface area contributed by atoms with E-state index in [9.17, 15) is 0 Å². The van der Waals surface area contributed by atoms with Gasteiger partial charge in [-0.25, -0.2) is 0 Å². The molecule has 1 unspecified atom stereocenters. The topological polar surface area (TPSA) is 44.5 Å². The third-order valence-electron chi connectivity index (χ3n) is 2.00. The van der Waals surface area contributed by atoms with Crippen LogP contribution in [0.5, 0.6) is 0 Å². The Hall–Kier alpha value is -0.120. The molecule has 2 heterocycles. The van der Waals surface area contributed by atoms with E-state index in [0.717, 1.165) is 13.0 Å². The van der Waals surface area contributed by atoms with Gasteiger partial charge in [0.25, 0.3) is 0 Å². The first kappa shape index (κ1) is 5.65. The lowest BCUT2D eigenvalue weighted by atomic mass is 10.1. The summed E-state index contributed by atoms with van der Waals surface area (Å²) in [6.45, 7) is 1.50. The summed E-state index contributed by atoms with van der Waals surface area (Å²) >= 11 is 0. The van der Waals surface area contributed by atoms with Gasteiger partial charge in [-0.3, -0.25) is 0 Å². The molecule has 0 spiro atoms. The highest BCUT2D eigenvalue weighted by atomic mass is 16.6. The Bertz CT molecular complexity index is 118. The van der Waals surface area contributed by atoms with Crippen molar-refractivity contribution in [3.05, 3.63) is 0 Å². The van der Waals surface area contributed by atoms with Crippen LogP contribution < -0.4 is 5.73 Å². The first-order valence-corrected chi connectivity index (χ1v) is 3.37. The average molecular weight is 129 g/mol. The minimum atomic E-state index is 0.123. The molecule has 0 aromatic carbocycles. The average Bonchev–Trinajstić information content (AvgIpc) is 2.35. The number of ether oxygens (including phenoxy) is 2. The first-order chi connectivity index (χ1) is 4.38. The molecular formula is C6H11NO2. The fourth-order valence-electron chi connectivity index (χ4n) is 1.50. The van der Waals surface area contributed by atoms with Crippen LogP contribution in [0.3, 0.4) is 0 Å². The lowest BCUT2D eigenvalue weighted by Gasteiger charge is -2.09. The summed E-state index contributed by atoms with van der Waals surface area (Å²) in [5.74, 6) is 0. The Morgan fingerprint density at radius 1 is 1.33 bits per heavy atom. The lowest BCUT2D eigenvalue weighted by Crippen LogP contribution is -2.34.